The van der Waals surface area contributed by atoms with E-state index in [2.05, 4.69) is 55.4 Å². The molecule has 0 spiro atoms. The van der Waals surface area contributed by atoms with Crippen LogP contribution < -0.4 is 4.90 Å². The first-order valence-corrected chi connectivity index (χ1v) is 21.6. The van der Waals surface area contributed by atoms with E-state index >= 15 is 4.39 Å². The van der Waals surface area contributed by atoms with Crippen molar-refractivity contribution in [3.63, 3.8) is 0 Å². The normalized spacial score (nSPS) is 20.6. The molecular weight excluding hydrogens is 679 g/mol. The Balaban J connectivity index is 1.27. The van der Waals surface area contributed by atoms with Crippen molar-refractivity contribution >= 4 is 19.7 Å². The molecule has 0 radical (unpaired) electrons. The molecular formula is C38H51F4N5O3Si. The summed E-state index contributed by atoms with van der Waals surface area (Å²) in [5, 5.41) is 4.41. The van der Waals surface area contributed by atoms with Crippen LogP contribution in [0.3, 0.4) is 0 Å². The maximum Gasteiger partial charge on any atom is 0.416 e. The van der Waals surface area contributed by atoms with E-state index in [0.717, 1.165) is 25.7 Å². The lowest BCUT2D eigenvalue weighted by molar-refractivity contribution is -0.138. The largest absolute Gasteiger partial charge is 0.416 e. The number of amides is 1. The summed E-state index contributed by atoms with van der Waals surface area (Å²) in [5.41, 5.74) is 0.800. The number of piperazine rings is 1. The summed E-state index contributed by atoms with van der Waals surface area (Å²) in [7, 11) is 0.753. The van der Waals surface area contributed by atoms with Gasteiger partial charge in [-0.3, -0.25) is 9.69 Å². The Labute approximate surface area is 299 Å². The number of benzene rings is 2. The fourth-order valence-electron chi connectivity index (χ4n) is 7.55. The molecule has 8 nitrogen and oxygen atoms in total. The number of fused-ring (bicyclic) bond motifs is 1. The maximum atomic E-state index is 16.9. The molecule has 0 N–H and O–H groups in total. The van der Waals surface area contributed by atoms with Gasteiger partial charge in [0.05, 0.1) is 42.6 Å². The van der Waals surface area contributed by atoms with Crippen molar-refractivity contribution in [2.75, 3.05) is 51.4 Å². The second kappa shape index (κ2) is 14.4. The van der Waals surface area contributed by atoms with Crippen LogP contribution in [0.2, 0.25) is 25.7 Å². The zero-order valence-corrected chi connectivity index (χ0v) is 31.8. The number of hydrogen-bond donors (Lipinski definition) is 0. The minimum absolute atomic E-state index is 0.0286. The van der Waals surface area contributed by atoms with Gasteiger partial charge in [-0.25, -0.2) is 9.07 Å². The number of halogens is 4. The zero-order chi connectivity index (χ0) is 36.9. The number of hydrogen-bond acceptors (Lipinski definition) is 6. The Morgan fingerprint density at radius 1 is 1.12 bits per heavy atom. The molecule has 2 atom stereocenters. The number of alkyl halides is 4. The van der Waals surface area contributed by atoms with Crippen LogP contribution in [0, 0.1) is 12.8 Å². The van der Waals surface area contributed by atoms with Crippen LogP contribution in [-0.2, 0) is 40.9 Å². The molecule has 2 fully saturated rings. The van der Waals surface area contributed by atoms with Gasteiger partial charge in [0.2, 0.25) is 0 Å². The Bertz CT molecular complexity index is 1730. The second-order valence-corrected chi connectivity index (χ2v) is 21.8. The molecule has 13 heteroatoms. The number of carbonyl (C=O) groups is 1. The van der Waals surface area contributed by atoms with Gasteiger partial charge in [-0.15, -0.1) is 0 Å². The lowest BCUT2D eigenvalue weighted by Gasteiger charge is -2.44. The first-order chi connectivity index (χ1) is 24.0. The first-order valence-electron chi connectivity index (χ1n) is 17.9. The van der Waals surface area contributed by atoms with Gasteiger partial charge in [0, 0.05) is 58.2 Å². The van der Waals surface area contributed by atoms with Crippen LogP contribution in [0.4, 0.5) is 23.2 Å². The average molecular weight is 730 g/mol. The van der Waals surface area contributed by atoms with E-state index in [1.165, 1.54) is 11.0 Å². The highest BCUT2D eigenvalue weighted by molar-refractivity contribution is 6.76. The summed E-state index contributed by atoms with van der Waals surface area (Å²) in [6.45, 7) is 16.3. The predicted octanol–water partition coefficient (Wildman–Crippen LogP) is 7.43. The molecule has 2 saturated heterocycles. The molecule has 51 heavy (non-hydrogen) atoms. The van der Waals surface area contributed by atoms with E-state index in [9.17, 15) is 18.0 Å². The van der Waals surface area contributed by atoms with Gasteiger partial charge in [0.25, 0.3) is 5.91 Å². The monoisotopic (exact) mass is 729 g/mol. The van der Waals surface area contributed by atoms with Gasteiger partial charge < -0.3 is 19.3 Å². The zero-order valence-electron chi connectivity index (χ0n) is 30.8. The Hall–Kier alpha value is -3.10. The standard InChI is InChI=1S/C38H51F4N5O3Si/c1-25(2)33-21-44(4)11-12-45(33)19-27-15-30-31(32(16-27)38(40,41)42)20-46(36(30)48)29-10-8-9-28(17-29)37(22-50-23-37)35(39)34-26(3)18-43-47(34)24-49-13-14-51(5,6)7/h8-10,15-18,25,33,35H,11-14,19-24H2,1-7H3/t33-,35?/m1/s1. The van der Waals surface area contributed by atoms with Crippen molar-refractivity contribution in [2.45, 2.75) is 90.1 Å². The number of anilines is 1. The molecule has 1 amide bonds. The molecule has 0 bridgehead atoms. The van der Waals surface area contributed by atoms with E-state index < -0.39 is 37.3 Å². The van der Waals surface area contributed by atoms with E-state index in [1.54, 1.807) is 41.2 Å². The van der Waals surface area contributed by atoms with Crippen molar-refractivity contribution in [3.05, 3.63) is 81.7 Å². The molecule has 3 aliphatic heterocycles. The van der Waals surface area contributed by atoms with Crippen LogP contribution in [-0.4, -0.2) is 86.1 Å². The SMILES string of the molecule is Cc1cnn(COCC[Si](C)(C)C)c1C(F)C1(c2cccc(N3Cc4c(cc(CN5CCN(C)C[C@@H]5C(C)C)cc4C(F)(F)F)C3=O)c2)COC1. The minimum atomic E-state index is -4.63. The first kappa shape index (κ1) is 37.6. The fraction of sp³-hybridized carbons (Fsp3) is 0.579. The molecule has 278 valence electrons. The quantitative estimate of drug-likeness (QED) is 0.110. The van der Waals surface area contributed by atoms with E-state index in [4.69, 9.17) is 9.47 Å². The van der Waals surface area contributed by atoms with E-state index in [1.807, 2.05) is 6.92 Å². The Morgan fingerprint density at radius 3 is 2.51 bits per heavy atom. The predicted molar refractivity (Wildman–Crippen MR) is 192 cm³/mol. The smallest absolute Gasteiger partial charge is 0.379 e. The van der Waals surface area contributed by atoms with Crippen molar-refractivity contribution in [3.8, 4) is 0 Å². The second-order valence-electron chi connectivity index (χ2n) is 16.2. The third-order valence-electron chi connectivity index (χ3n) is 10.8. The number of ether oxygens (including phenoxy) is 2. The van der Waals surface area contributed by atoms with Gasteiger partial charge in [0.15, 0.2) is 6.17 Å². The molecule has 0 aliphatic carbocycles. The highest BCUT2D eigenvalue weighted by atomic mass is 28.3. The number of rotatable bonds is 12. The highest BCUT2D eigenvalue weighted by Crippen LogP contribution is 2.48. The third-order valence-corrected chi connectivity index (χ3v) is 12.5. The lowest BCUT2D eigenvalue weighted by atomic mass is 9.73. The molecule has 0 saturated carbocycles. The van der Waals surface area contributed by atoms with Crippen LogP contribution in [0.1, 0.15) is 63.9 Å². The average Bonchev–Trinajstić information content (AvgIpc) is 3.57. The van der Waals surface area contributed by atoms with E-state index in [0.29, 0.717) is 47.1 Å². The molecule has 2 aromatic carbocycles. The van der Waals surface area contributed by atoms with Crippen LogP contribution >= 0.6 is 0 Å². The molecule has 6 rings (SSSR count). The van der Waals surface area contributed by atoms with Crippen molar-refractivity contribution in [2.24, 2.45) is 5.92 Å². The number of aromatic nitrogens is 2. The maximum absolute atomic E-state index is 16.9. The summed E-state index contributed by atoms with van der Waals surface area (Å²) in [6, 6.07) is 11.0. The van der Waals surface area contributed by atoms with Crippen LogP contribution in [0.5, 0.6) is 0 Å². The molecule has 1 unspecified atom stereocenters. The molecule has 1 aromatic heterocycles. The van der Waals surface area contributed by atoms with Crippen LogP contribution in [0.25, 0.3) is 0 Å². The van der Waals surface area contributed by atoms with Gasteiger partial charge in [-0.1, -0.05) is 45.6 Å². The number of nitrogens with zero attached hydrogens (tertiary/aromatic N) is 5. The minimum Gasteiger partial charge on any atom is -0.379 e. The Kier molecular flexibility index (Phi) is 10.6. The number of aryl methyl sites for hydroxylation is 1. The molecule has 3 aliphatic rings. The topological polar surface area (TPSA) is 63.1 Å². The summed E-state index contributed by atoms with van der Waals surface area (Å²) < 4.78 is 73.8. The molecule has 4 heterocycles. The third kappa shape index (κ3) is 7.69. The van der Waals surface area contributed by atoms with Gasteiger partial charge in [-0.2, -0.15) is 18.3 Å². The number of carbonyl (C=O) groups excluding carboxylic acids is 1. The summed E-state index contributed by atoms with van der Waals surface area (Å²) in [6.07, 6.45) is -4.50. The van der Waals surface area contributed by atoms with Gasteiger partial charge >= 0.3 is 6.18 Å². The Morgan fingerprint density at radius 2 is 1.86 bits per heavy atom. The fourth-order valence-corrected chi connectivity index (χ4v) is 8.31. The summed E-state index contributed by atoms with van der Waals surface area (Å²) in [4.78, 5) is 19.8. The van der Waals surface area contributed by atoms with E-state index in [-0.39, 0.29) is 43.7 Å². The van der Waals surface area contributed by atoms with Crippen molar-refractivity contribution in [1.29, 1.82) is 0 Å². The van der Waals surface area contributed by atoms with Crippen LogP contribution in [0.15, 0.2) is 42.6 Å². The highest BCUT2D eigenvalue weighted by Gasteiger charge is 2.51. The summed E-state index contributed by atoms with van der Waals surface area (Å²) in [5.74, 6) is -0.173. The van der Waals surface area contributed by atoms with Crippen molar-refractivity contribution in [1.82, 2.24) is 19.6 Å². The number of likely N-dealkylation sites (N-methyl/N-ethyl adjacent to an activating group) is 1. The van der Waals surface area contributed by atoms with Crippen molar-refractivity contribution < 1.29 is 31.8 Å². The van der Waals surface area contributed by atoms with Gasteiger partial charge in [0.1, 0.15) is 6.73 Å². The lowest BCUT2D eigenvalue weighted by Crippen LogP contribution is -2.53. The molecule has 3 aromatic rings. The van der Waals surface area contributed by atoms with Gasteiger partial charge in [-0.05, 0) is 72.5 Å². The summed E-state index contributed by atoms with van der Waals surface area (Å²) >= 11 is 0.